The lowest BCUT2D eigenvalue weighted by atomic mass is 10.1. The fourth-order valence-electron chi connectivity index (χ4n) is 2.85. The molecule has 1 aliphatic rings. The number of furan rings is 1. The van der Waals surface area contributed by atoms with Crippen LogP contribution < -0.4 is 5.32 Å². The van der Waals surface area contributed by atoms with Crippen LogP contribution in [-0.2, 0) is 13.1 Å². The summed E-state index contributed by atoms with van der Waals surface area (Å²) in [5.41, 5.74) is 1.37. The van der Waals surface area contributed by atoms with Crippen molar-refractivity contribution in [2.75, 3.05) is 19.6 Å². The first-order valence-corrected chi connectivity index (χ1v) is 7.74. The molecule has 0 amide bonds. The van der Waals surface area contributed by atoms with E-state index >= 15 is 0 Å². The number of aryl methyl sites for hydroxylation is 1. The predicted molar refractivity (Wildman–Crippen MR) is 79.1 cm³/mol. The van der Waals surface area contributed by atoms with Gasteiger partial charge < -0.3 is 9.73 Å². The van der Waals surface area contributed by atoms with Gasteiger partial charge >= 0.3 is 0 Å². The minimum Gasteiger partial charge on any atom is -0.465 e. The van der Waals surface area contributed by atoms with Gasteiger partial charge in [0.05, 0.1) is 6.54 Å². The van der Waals surface area contributed by atoms with Crippen LogP contribution >= 0.6 is 0 Å². The van der Waals surface area contributed by atoms with E-state index in [0.717, 1.165) is 37.1 Å². The first-order valence-electron chi connectivity index (χ1n) is 7.74. The zero-order chi connectivity index (χ0) is 13.7. The average Bonchev–Trinajstić information content (AvgIpc) is 2.98. The van der Waals surface area contributed by atoms with Gasteiger partial charge in [-0.05, 0) is 44.8 Å². The van der Waals surface area contributed by atoms with Crippen LogP contribution in [-0.4, -0.2) is 24.5 Å². The summed E-state index contributed by atoms with van der Waals surface area (Å²) < 4.78 is 5.84. The van der Waals surface area contributed by atoms with Crippen molar-refractivity contribution in [1.29, 1.82) is 0 Å². The van der Waals surface area contributed by atoms with Crippen LogP contribution in [0.25, 0.3) is 0 Å². The van der Waals surface area contributed by atoms with Gasteiger partial charge in [-0.3, -0.25) is 4.90 Å². The van der Waals surface area contributed by atoms with Gasteiger partial charge in [0.25, 0.3) is 0 Å². The van der Waals surface area contributed by atoms with Crippen LogP contribution in [0.1, 0.15) is 50.2 Å². The Morgan fingerprint density at radius 2 is 2.26 bits per heavy atom. The molecule has 0 spiro atoms. The monoisotopic (exact) mass is 264 g/mol. The van der Waals surface area contributed by atoms with Crippen molar-refractivity contribution in [3.8, 4) is 0 Å². The van der Waals surface area contributed by atoms with Crippen molar-refractivity contribution in [3.63, 3.8) is 0 Å². The molecule has 2 heterocycles. The summed E-state index contributed by atoms with van der Waals surface area (Å²) in [6.45, 7) is 12.0. The van der Waals surface area contributed by atoms with Crippen molar-refractivity contribution < 1.29 is 4.42 Å². The van der Waals surface area contributed by atoms with Gasteiger partial charge in [-0.25, -0.2) is 0 Å². The SMILES string of the molecule is CCCNCc1cc(CN2CCC(CC)C2)c(C)o1. The summed E-state index contributed by atoms with van der Waals surface area (Å²) in [4.78, 5) is 2.56. The Kier molecular flexibility index (Phi) is 5.46. The quantitative estimate of drug-likeness (QED) is 0.766. The highest BCUT2D eigenvalue weighted by atomic mass is 16.3. The van der Waals surface area contributed by atoms with Gasteiger partial charge in [0.2, 0.25) is 0 Å². The van der Waals surface area contributed by atoms with Crippen LogP contribution in [0.15, 0.2) is 10.5 Å². The second-order valence-corrected chi connectivity index (χ2v) is 5.77. The van der Waals surface area contributed by atoms with Gasteiger partial charge in [0.1, 0.15) is 11.5 Å². The Morgan fingerprint density at radius 3 is 2.95 bits per heavy atom. The van der Waals surface area contributed by atoms with Crippen molar-refractivity contribution in [2.24, 2.45) is 5.92 Å². The summed E-state index contributed by atoms with van der Waals surface area (Å²) in [7, 11) is 0. The molecular formula is C16H28N2O. The lowest BCUT2D eigenvalue weighted by Gasteiger charge is -2.14. The standard InChI is InChI=1S/C16H28N2O/c1-4-7-17-10-16-9-15(13(3)19-16)12-18-8-6-14(5-2)11-18/h9,14,17H,4-8,10-12H2,1-3H3. The van der Waals surface area contributed by atoms with Crippen LogP contribution in [0.5, 0.6) is 0 Å². The Balaban J connectivity index is 1.86. The van der Waals surface area contributed by atoms with E-state index in [-0.39, 0.29) is 0 Å². The molecule has 1 fully saturated rings. The summed E-state index contributed by atoms with van der Waals surface area (Å²) in [5.74, 6) is 3.07. The third-order valence-corrected chi connectivity index (χ3v) is 4.14. The Bertz CT molecular complexity index is 386. The lowest BCUT2D eigenvalue weighted by molar-refractivity contribution is 0.312. The maximum absolute atomic E-state index is 5.84. The number of nitrogens with zero attached hydrogens (tertiary/aromatic N) is 1. The van der Waals surface area contributed by atoms with E-state index in [1.54, 1.807) is 0 Å². The zero-order valence-electron chi connectivity index (χ0n) is 12.7. The zero-order valence-corrected chi connectivity index (χ0v) is 12.7. The third-order valence-electron chi connectivity index (χ3n) is 4.14. The van der Waals surface area contributed by atoms with Crippen molar-refractivity contribution >= 4 is 0 Å². The van der Waals surface area contributed by atoms with Crippen LogP contribution in [0.4, 0.5) is 0 Å². The molecule has 1 N–H and O–H groups in total. The van der Waals surface area contributed by atoms with Crippen molar-refractivity contribution in [1.82, 2.24) is 10.2 Å². The van der Waals surface area contributed by atoms with E-state index in [4.69, 9.17) is 4.42 Å². The molecule has 108 valence electrons. The molecule has 0 radical (unpaired) electrons. The third kappa shape index (κ3) is 4.08. The van der Waals surface area contributed by atoms with Gasteiger partial charge in [-0.15, -0.1) is 0 Å². The number of rotatable bonds is 7. The predicted octanol–water partition coefficient (Wildman–Crippen LogP) is 3.32. The molecular weight excluding hydrogens is 236 g/mol. The molecule has 1 saturated heterocycles. The molecule has 1 aromatic heterocycles. The Labute approximate surface area is 117 Å². The second-order valence-electron chi connectivity index (χ2n) is 5.77. The first kappa shape index (κ1) is 14.6. The van der Waals surface area contributed by atoms with Gasteiger partial charge in [-0.2, -0.15) is 0 Å². The van der Waals surface area contributed by atoms with E-state index < -0.39 is 0 Å². The van der Waals surface area contributed by atoms with E-state index in [0.29, 0.717) is 0 Å². The van der Waals surface area contributed by atoms with Crippen LogP contribution in [0.2, 0.25) is 0 Å². The van der Waals surface area contributed by atoms with Crippen LogP contribution in [0, 0.1) is 12.8 Å². The van der Waals surface area contributed by atoms with E-state index in [9.17, 15) is 0 Å². The fourth-order valence-corrected chi connectivity index (χ4v) is 2.85. The highest BCUT2D eigenvalue weighted by molar-refractivity contribution is 5.21. The first-order chi connectivity index (χ1) is 9.22. The Hall–Kier alpha value is -0.800. The molecule has 2 rings (SSSR count). The molecule has 1 aliphatic heterocycles. The number of hydrogen-bond acceptors (Lipinski definition) is 3. The van der Waals surface area contributed by atoms with E-state index in [2.05, 4.69) is 37.1 Å². The van der Waals surface area contributed by atoms with E-state index in [1.165, 1.54) is 37.9 Å². The Morgan fingerprint density at radius 1 is 1.42 bits per heavy atom. The molecule has 1 atom stereocenters. The van der Waals surface area contributed by atoms with E-state index in [1.807, 2.05) is 0 Å². The molecule has 19 heavy (non-hydrogen) atoms. The van der Waals surface area contributed by atoms with Crippen LogP contribution in [0.3, 0.4) is 0 Å². The summed E-state index contributed by atoms with van der Waals surface area (Å²) in [5, 5.41) is 3.39. The van der Waals surface area contributed by atoms with Gasteiger partial charge in [-0.1, -0.05) is 20.3 Å². The summed E-state index contributed by atoms with van der Waals surface area (Å²) >= 11 is 0. The minimum atomic E-state index is 0.853. The molecule has 0 aromatic carbocycles. The lowest BCUT2D eigenvalue weighted by Crippen LogP contribution is -2.20. The topological polar surface area (TPSA) is 28.4 Å². The number of nitrogens with one attached hydrogen (secondary N) is 1. The van der Waals surface area contributed by atoms with Gasteiger partial charge in [0.15, 0.2) is 0 Å². The largest absolute Gasteiger partial charge is 0.465 e. The minimum absolute atomic E-state index is 0.853. The number of hydrogen-bond donors (Lipinski definition) is 1. The molecule has 3 heteroatoms. The average molecular weight is 264 g/mol. The normalized spacial score (nSPS) is 20.3. The molecule has 1 unspecified atom stereocenters. The van der Waals surface area contributed by atoms with Gasteiger partial charge in [0, 0.05) is 18.7 Å². The summed E-state index contributed by atoms with van der Waals surface area (Å²) in [6, 6.07) is 2.23. The maximum atomic E-state index is 5.84. The molecule has 3 nitrogen and oxygen atoms in total. The maximum Gasteiger partial charge on any atom is 0.118 e. The highest BCUT2D eigenvalue weighted by Crippen LogP contribution is 2.23. The highest BCUT2D eigenvalue weighted by Gasteiger charge is 2.22. The molecule has 0 aliphatic carbocycles. The number of likely N-dealkylation sites (tertiary alicyclic amines) is 1. The summed E-state index contributed by atoms with van der Waals surface area (Å²) in [6.07, 6.45) is 3.84. The molecule has 0 bridgehead atoms. The van der Waals surface area contributed by atoms with Crippen molar-refractivity contribution in [3.05, 3.63) is 23.2 Å². The molecule has 0 saturated carbocycles. The fraction of sp³-hybridized carbons (Fsp3) is 0.750. The smallest absolute Gasteiger partial charge is 0.118 e. The second kappa shape index (κ2) is 7.11. The molecule has 1 aromatic rings. The van der Waals surface area contributed by atoms with Crippen molar-refractivity contribution in [2.45, 2.75) is 53.1 Å².